The van der Waals surface area contributed by atoms with Gasteiger partial charge in [0.25, 0.3) is 0 Å². The average molecular weight is 440 g/mol. The number of nitrogens with one attached hydrogen (secondary N) is 1. The van der Waals surface area contributed by atoms with Crippen molar-refractivity contribution in [2.75, 3.05) is 6.54 Å². The Morgan fingerprint density at radius 2 is 1.73 bits per heavy atom. The van der Waals surface area contributed by atoms with Crippen LogP contribution in [0, 0.1) is 0 Å². The van der Waals surface area contributed by atoms with Crippen LogP contribution in [0.2, 0.25) is 10.0 Å². The van der Waals surface area contributed by atoms with Crippen LogP contribution in [0.4, 0.5) is 0 Å². The van der Waals surface area contributed by atoms with Crippen molar-refractivity contribution in [2.24, 2.45) is 0 Å². The van der Waals surface area contributed by atoms with Gasteiger partial charge in [-0.2, -0.15) is 4.68 Å². The van der Waals surface area contributed by atoms with E-state index in [0.717, 1.165) is 36.3 Å². The lowest BCUT2D eigenvalue weighted by atomic mass is 10.1. The Balaban J connectivity index is 1.30. The number of para-hydroxylation sites is 1. The number of hydrogen-bond donors (Lipinski definition) is 1. The number of hydrogen-bond acceptors (Lipinski definition) is 5. The third kappa shape index (κ3) is 5.16. The van der Waals surface area contributed by atoms with Gasteiger partial charge in [-0.15, -0.1) is 0 Å². The van der Waals surface area contributed by atoms with Gasteiger partial charge in [0.2, 0.25) is 0 Å². The standard InChI is InChI=1S/C22H19Cl2N5O/c23-18-9-8-17(21(24)14-18)12-13-25-15-16-6-10-20(11-7-16)30-22-26-27-28-29(22)19-4-2-1-3-5-19/h1-11,14,25H,12-13,15H2. The number of ether oxygens (including phenoxy) is 1. The van der Waals surface area contributed by atoms with Crippen molar-refractivity contribution in [1.29, 1.82) is 0 Å². The third-order valence-electron chi connectivity index (χ3n) is 4.49. The lowest BCUT2D eigenvalue weighted by Crippen LogP contribution is -2.16. The first-order valence-electron chi connectivity index (χ1n) is 9.44. The molecule has 6 nitrogen and oxygen atoms in total. The van der Waals surface area contributed by atoms with E-state index in [0.29, 0.717) is 21.8 Å². The zero-order valence-corrected chi connectivity index (χ0v) is 17.5. The largest absolute Gasteiger partial charge is 0.423 e. The number of rotatable bonds is 8. The summed E-state index contributed by atoms with van der Waals surface area (Å²) in [5.41, 5.74) is 3.06. The average Bonchev–Trinajstić information content (AvgIpc) is 3.22. The first-order valence-corrected chi connectivity index (χ1v) is 10.2. The van der Waals surface area contributed by atoms with E-state index < -0.39 is 0 Å². The summed E-state index contributed by atoms with van der Waals surface area (Å²) in [6.07, 6.45) is 0.833. The maximum atomic E-state index is 6.21. The molecule has 0 fully saturated rings. The minimum Gasteiger partial charge on any atom is -0.423 e. The van der Waals surface area contributed by atoms with Crippen LogP contribution in [0.3, 0.4) is 0 Å². The van der Waals surface area contributed by atoms with E-state index in [2.05, 4.69) is 20.8 Å². The predicted molar refractivity (Wildman–Crippen MR) is 118 cm³/mol. The summed E-state index contributed by atoms with van der Waals surface area (Å²) in [5, 5.41) is 16.4. The number of halogens is 2. The highest BCUT2D eigenvalue weighted by atomic mass is 35.5. The number of aromatic nitrogens is 4. The molecular formula is C22H19Cl2N5O. The molecule has 3 aromatic carbocycles. The quantitative estimate of drug-likeness (QED) is 0.387. The van der Waals surface area contributed by atoms with Crippen molar-refractivity contribution < 1.29 is 4.74 Å². The molecule has 8 heteroatoms. The van der Waals surface area contributed by atoms with Gasteiger partial charge in [0, 0.05) is 16.6 Å². The molecule has 1 N–H and O–H groups in total. The normalized spacial score (nSPS) is 10.9. The Bertz CT molecular complexity index is 1100. The Hall–Kier alpha value is -2.93. The van der Waals surface area contributed by atoms with Crippen molar-refractivity contribution in [1.82, 2.24) is 25.5 Å². The molecule has 4 aromatic rings. The van der Waals surface area contributed by atoms with Gasteiger partial charge in [-0.3, -0.25) is 0 Å². The molecule has 152 valence electrons. The molecule has 1 aromatic heterocycles. The van der Waals surface area contributed by atoms with Gasteiger partial charge >= 0.3 is 6.01 Å². The molecule has 0 saturated heterocycles. The highest BCUT2D eigenvalue weighted by Crippen LogP contribution is 2.22. The molecule has 0 bridgehead atoms. The van der Waals surface area contributed by atoms with E-state index in [4.69, 9.17) is 27.9 Å². The molecule has 0 saturated carbocycles. The van der Waals surface area contributed by atoms with Crippen LogP contribution in [0.25, 0.3) is 5.69 Å². The lowest BCUT2D eigenvalue weighted by molar-refractivity contribution is 0.427. The van der Waals surface area contributed by atoms with Crippen molar-refractivity contribution in [3.05, 3.63) is 94.0 Å². The van der Waals surface area contributed by atoms with E-state index in [9.17, 15) is 0 Å². The molecule has 0 unspecified atom stereocenters. The summed E-state index contributed by atoms with van der Waals surface area (Å²) in [5.74, 6) is 0.665. The van der Waals surface area contributed by atoms with Gasteiger partial charge in [0.1, 0.15) is 5.75 Å². The van der Waals surface area contributed by atoms with Crippen LogP contribution >= 0.6 is 23.2 Å². The van der Waals surface area contributed by atoms with Gasteiger partial charge in [0.15, 0.2) is 0 Å². The van der Waals surface area contributed by atoms with Crippen LogP contribution in [0.15, 0.2) is 72.8 Å². The van der Waals surface area contributed by atoms with E-state index in [-0.39, 0.29) is 0 Å². The predicted octanol–water partition coefficient (Wildman–Crippen LogP) is 5.09. The van der Waals surface area contributed by atoms with Gasteiger partial charge in [-0.05, 0) is 70.9 Å². The molecule has 0 aliphatic rings. The fourth-order valence-electron chi connectivity index (χ4n) is 2.93. The van der Waals surface area contributed by atoms with Gasteiger partial charge < -0.3 is 10.1 Å². The summed E-state index contributed by atoms with van der Waals surface area (Å²) in [7, 11) is 0. The summed E-state index contributed by atoms with van der Waals surface area (Å²) in [6.45, 7) is 1.55. The first kappa shape index (κ1) is 20.3. The highest BCUT2D eigenvalue weighted by molar-refractivity contribution is 6.35. The molecular weight excluding hydrogens is 421 g/mol. The smallest absolute Gasteiger partial charge is 0.345 e. The topological polar surface area (TPSA) is 64.9 Å². The second-order valence-electron chi connectivity index (χ2n) is 6.62. The molecule has 0 amide bonds. The second kappa shape index (κ2) is 9.71. The third-order valence-corrected chi connectivity index (χ3v) is 5.08. The molecule has 0 radical (unpaired) electrons. The Morgan fingerprint density at radius 3 is 2.50 bits per heavy atom. The van der Waals surface area contributed by atoms with E-state index in [1.54, 1.807) is 10.7 Å². The van der Waals surface area contributed by atoms with E-state index >= 15 is 0 Å². The minimum atomic E-state index is 0.312. The SMILES string of the molecule is Clc1ccc(CCNCc2ccc(Oc3nnnn3-c3ccccc3)cc2)c(Cl)c1. The summed E-state index contributed by atoms with van der Waals surface area (Å²) in [6, 6.07) is 23.3. The van der Waals surface area contributed by atoms with Crippen molar-refractivity contribution in [3.63, 3.8) is 0 Å². The molecule has 0 aliphatic carbocycles. The monoisotopic (exact) mass is 439 g/mol. The molecule has 0 spiro atoms. The molecule has 0 aliphatic heterocycles. The van der Waals surface area contributed by atoms with Crippen LogP contribution in [-0.4, -0.2) is 26.8 Å². The number of benzene rings is 3. The zero-order valence-electron chi connectivity index (χ0n) is 16.0. The molecule has 30 heavy (non-hydrogen) atoms. The minimum absolute atomic E-state index is 0.312. The number of tetrazole rings is 1. The fourth-order valence-corrected chi connectivity index (χ4v) is 3.44. The zero-order chi connectivity index (χ0) is 20.8. The Labute approximate surface area is 184 Å². The maximum Gasteiger partial charge on any atom is 0.345 e. The molecule has 1 heterocycles. The van der Waals surface area contributed by atoms with Crippen LogP contribution < -0.4 is 10.1 Å². The Morgan fingerprint density at radius 1 is 0.933 bits per heavy atom. The van der Waals surface area contributed by atoms with Crippen LogP contribution in [0.1, 0.15) is 11.1 Å². The maximum absolute atomic E-state index is 6.21. The number of nitrogens with zero attached hydrogens (tertiary/aromatic N) is 4. The summed E-state index contributed by atoms with van der Waals surface area (Å²) in [4.78, 5) is 0. The molecule has 0 atom stereocenters. The lowest BCUT2D eigenvalue weighted by Gasteiger charge is -2.09. The Kier molecular flexibility index (Phi) is 6.59. The van der Waals surface area contributed by atoms with Gasteiger partial charge in [0.05, 0.1) is 5.69 Å². The van der Waals surface area contributed by atoms with Crippen LogP contribution in [0.5, 0.6) is 11.8 Å². The second-order valence-corrected chi connectivity index (χ2v) is 7.46. The summed E-state index contributed by atoms with van der Waals surface area (Å²) < 4.78 is 7.40. The van der Waals surface area contributed by atoms with Crippen molar-refractivity contribution >= 4 is 23.2 Å². The van der Waals surface area contributed by atoms with Crippen LogP contribution in [-0.2, 0) is 13.0 Å². The fraction of sp³-hybridized carbons (Fsp3) is 0.136. The van der Waals surface area contributed by atoms with Crippen molar-refractivity contribution in [2.45, 2.75) is 13.0 Å². The summed E-state index contributed by atoms with van der Waals surface area (Å²) >= 11 is 12.1. The van der Waals surface area contributed by atoms with E-state index in [1.807, 2.05) is 66.7 Å². The van der Waals surface area contributed by atoms with Crippen molar-refractivity contribution in [3.8, 4) is 17.4 Å². The van der Waals surface area contributed by atoms with E-state index in [1.165, 1.54) is 0 Å². The highest BCUT2D eigenvalue weighted by Gasteiger charge is 2.10. The first-order chi connectivity index (χ1) is 14.7. The van der Waals surface area contributed by atoms with Gasteiger partial charge in [-0.25, -0.2) is 0 Å². The van der Waals surface area contributed by atoms with Gasteiger partial charge in [-0.1, -0.05) is 64.7 Å². The molecule has 4 rings (SSSR count).